The van der Waals surface area contributed by atoms with Gasteiger partial charge in [-0.05, 0) is 30.5 Å². The smallest absolute Gasteiger partial charge is 0.119 e. The SMILES string of the molecule is CCCCCCCCCCCCCCCCCc1cccc(OC)c1. The second kappa shape index (κ2) is 16.5. The monoisotopic (exact) mass is 346 g/mol. The van der Waals surface area contributed by atoms with E-state index in [4.69, 9.17) is 4.74 Å². The highest BCUT2D eigenvalue weighted by Gasteiger charge is 1.97. The molecule has 144 valence electrons. The van der Waals surface area contributed by atoms with Gasteiger partial charge in [-0.25, -0.2) is 0 Å². The Morgan fingerprint density at radius 3 is 1.60 bits per heavy atom. The maximum Gasteiger partial charge on any atom is 0.119 e. The predicted molar refractivity (Wildman–Crippen MR) is 112 cm³/mol. The minimum atomic E-state index is 0.985. The third-order valence-corrected chi connectivity index (χ3v) is 5.20. The summed E-state index contributed by atoms with van der Waals surface area (Å²) >= 11 is 0. The zero-order chi connectivity index (χ0) is 18.0. The van der Waals surface area contributed by atoms with E-state index >= 15 is 0 Å². The molecule has 0 aliphatic rings. The number of aryl methyl sites for hydroxylation is 1. The molecule has 0 spiro atoms. The van der Waals surface area contributed by atoms with E-state index in [2.05, 4.69) is 25.1 Å². The third-order valence-electron chi connectivity index (χ3n) is 5.20. The molecule has 0 aliphatic carbocycles. The van der Waals surface area contributed by atoms with Crippen molar-refractivity contribution >= 4 is 0 Å². The van der Waals surface area contributed by atoms with E-state index in [1.54, 1.807) is 7.11 Å². The van der Waals surface area contributed by atoms with Gasteiger partial charge in [-0.3, -0.25) is 0 Å². The van der Waals surface area contributed by atoms with E-state index in [1.807, 2.05) is 6.07 Å². The van der Waals surface area contributed by atoms with Crippen LogP contribution in [0.2, 0.25) is 0 Å². The van der Waals surface area contributed by atoms with Crippen LogP contribution in [0.1, 0.15) is 109 Å². The van der Waals surface area contributed by atoms with Gasteiger partial charge in [0, 0.05) is 0 Å². The molecule has 0 saturated heterocycles. The Kier molecular flexibility index (Phi) is 14.5. The first-order valence-corrected chi connectivity index (χ1v) is 11.0. The number of hydrogen-bond acceptors (Lipinski definition) is 1. The summed E-state index contributed by atoms with van der Waals surface area (Å²) < 4.78 is 5.28. The zero-order valence-corrected chi connectivity index (χ0v) is 17.0. The number of unbranched alkanes of at least 4 members (excludes halogenated alkanes) is 14. The maximum absolute atomic E-state index is 5.28. The van der Waals surface area contributed by atoms with Gasteiger partial charge < -0.3 is 4.74 Å². The molecule has 0 amide bonds. The van der Waals surface area contributed by atoms with Gasteiger partial charge in [0.25, 0.3) is 0 Å². The molecular weight excluding hydrogens is 304 g/mol. The summed E-state index contributed by atoms with van der Waals surface area (Å²) in [6, 6.07) is 8.51. The Morgan fingerprint density at radius 1 is 0.640 bits per heavy atom. The van der Waals surface area contributed by atoms with Gasteiger partial charge in [0.05, 0.1) is 7.11 Å². The van der Waals surface area contributed by atoms with Crippen LogP contribution in [0, 0.1) is 0 Å². The molecule has 0 unspecified atom stereocenters. The third kappa shape index (κ3) is 13.0. The molecule has 1 heteroatoms. The fourth-order valence-electron chi connectivity index (χ4n) is 3.53. The lowest BCUT2D eigenvalue weighted by Crippen LogP contribution is -1.89. The molecule has 0 fully saturated rings. The quantitative estimate of drug-likeness (QED) is 0.259. The summed E-state index contributed by atoms with van der Waals surface area (Å²) in [7, 11) is 1.74. The van der Waals surface area contributed by atoms with Crippen LogP contribution in [0.5, 0.6) is 5.75 Å². The largest absolute Gasteiger partial charge is 0.497 e. The molecule has 0 atom stereocenters. The van der Waals surface area contributed by atoms with Gasteiger partial charge >= 0.3 is 0 Å². The normalized spacial score (nSPS) is 11.0. The van der Waals surface area contributed by atoms with Crippen molar-refractivity contribution in [3.8, 4) is 5.75 Å². The van der Waals surface area contributed by atoms with Crippen molar-refractivity contribution in [2.45, 2.75) is 110 Å². The Hall–Kier alpha value is -0.980. The first-order valence-electron chi connectivity index (χ1n) is 11.0. The summed E-state index contributed by atoms with van der Waals surface area (Å²) in [5.74, 6) is 0.985. The number of methoxy groups -OCH3 is 1. The van der Waals surface area contributed by atoms with Gasteiger partial charge in [-0.1, -0.05) is 109 Å². The number of ether oxygens (including phenoxy) is 1. The molecule has 1 rings (SSSR count). The topological polar surface area (TPSA) is 9.23 Å². The lowest BCUT2D eigenvalue weighted by atomic mass is 10.0. The van der Waals surface area contributed by atoms with Crippen LogP contribution in [0.3, 0.4) is 0 Å². The van der Waals surface area contributed by atoms with E-state index in [0.29, 0.717) is 0 Å². The summed E-state index contributed by atoms with van der Waals surface area (Å²) in [5, 5.41) is 0. The Balaban J connectivity index is 1.80. The van der Waals surface area contributed by atoms with Crippen molar-refractivity contribution in [2.75, 3.05) is 7.11 Å². The van der Waals surface area contributed by atoms with Gasteiger partial charge in [0.1, 0.15) is 5.75 Å². The number of rotatable bonds is 17. The molecule has 0 N–H and O–H groups in total. The van der Waals surface area contributed by atoms with Crippen LogP contribution < -0.4 is 4.74 Å². The highest BCUT2D eigenvalue weighted by atomic mass is 16.5. The van der Waals surface area contributed by atoms with Crippen LogP contribution in [-0.2, 0) is 6.42 Å². The Morgan fingerprint density at radius 2 is 1.12 bits per heavy atom. The second-order valence-electron chi connectivity index (χ2n) is 7.55. The fraction of sp³-hybridized carbons (Fsp3) is 0.750. The molecule has 25 heavy (non-hydrogen) atoms. The van der Waals surface area contributed by atoms with Crippen molar-refractivity contribution in [3.63, 3.8) is 0 Å². The molecule has 0 heterocycles. The van der Waals surface area contributed by atoms with Crippen LogP contribution in [0.25, 0.3) is 0 Å². The van der Waals surface area contributed by atoms with E-state index in [-0.39, 0.29) is 0 Å². The Labute approximate surface area is 157 Å². The van der Waals surface area contributed by atoms with Gasteiger partial charge in [-0.2, -0.15) is 0 Å². The minimum absolute atomic E-state index is 0.985. The summed E-state index contributed by atoms with van der Waals surface area (Å²) in [6.07, 6.45) is 22.6. The highest BCUT2D eigenvalue weighted by Crippen LogP contribution is 2.16. The fourth-order valence-corrected chi connectivity index (χ4v) is 3.53. The van der Waals surface area contributed by atoms with Crippen molar-refractivity contribution < 1.29 is 4.74 Å². The van der Waals surface area contributed by atoms with E-state index < -0.39 is 0 Å². The van der Waals surface area contributed by atoms with Crippen LogP contribution >= 0.6 is 0 Å². The van der Waals surface area contributed by atoms with Crippen molar-refractivity contribution in [2.24, 2.45) is 0 Å². The average molecular weight is 347 g/mol. The lowest BCUT2D eigenvalue weighted by Gasteiger charge is -2.05. The van der Waals surface area contributed by atoms with E-state index in [1.165, 1.54) is 108 Å². The van der Waals surface area contributed by atoms with Crippen molar-refractivity contribution in [1.82, 2.24) is 0 Å². The molecule has 0 saturated carbocycles. The van der Waals surface area contributed by atoms with Gasteiger partial charge in [0.15, 0.2) is 0 Å². The van der Waals surface area contributed by atoms with E-state index in [9.17, 15) is 0 Å². The first-order chi connectivity index (χ1) is 12.4. The molecular formula is C24H42O. The molecule has 0 aliphatic heterocycles. The number of benzene rings is 1. The van der Waals surface area contributed by atoms with Crippen LogP contribution in [0.4, 0.5) is 0 Å². The van der Waals surface area contributed by atoms with Gasteiger partial charge in [0.2, 0.25) is 0 Å². The second-order valence-corrected chi connectivity index (χ2v) is 7.55. The molecule has 0 bridgehead atoms. The first kappa shape index (κ1) is 22.1. The molecule has 1 aromatic rings. The predicted octanol–water partition coefficient (Wildman–Crippen LogP) is 8.11. The summed E-state index contributed by atoms with van der Waals surface area (Å²) in [5.41, 5.74) is 1.41. The average Bonchev–Trinajstić information content (AvgIpc) is 2.65. The van der Waals surface area contributed by atoms with Gasteiger partial charge in [-0.15, -0.1) is 0 Å². The van der Waals surface area contributed by atoms with Crippen molar-refractivity contribution in [1.29, 1.82) is 0 Å². The minimum Gasteiger partial charge on any atom is -0.497 e. The van der Waals surface area contributed by atoms with Crippen molar-refractivity contribution in [3.05, 3.63) is 29.8 Å². The summed E-state index contributed by atoms with van der Waals surface area (Å²) in [6.45, 7) is 2.29. The summed E-state index contributed by atoms with van der Waals surface area (Å²) in [4.78, 5) is 0. The zero-order valence-electron chi connectivity index (χ0n) is 17.0. The maximum atomic E-state index is 5.28. The lowest BCUT2D eigenvalue weighted by molar-refractivity contribution is 0.414. The van der Waals surface area contributed by atoms with Crippen LogP contribution in [-0.4, -0.2) is 7.11 Å². The van der Waals surface area contributed by atoms with Crippen LogP contribution in [0.15, 0.2) is 24.3 Å². The molecule has 0 aromatic heterocycles. The molecule has 0 radical (unpaired) electrons. The van der Waals surface area contributed by atoms with E-state index in [0.717, 1.165) is 5.75 Å². The highest BCUT2D eigenvalue weighted by molar-refractivity contribution is 5.28. The number of hydrogen-bond donors (Lipinski definition) is 0. The standard InChI is InChI=1S/C24H42O/c1-3-4-5-6-7-8-9-10-11-12-13-14-15-16-17-19-23-20-18-21-24(22-23)25-2/h18,20-22H,3-17,19H2,1-2H3. The Bertz CT molecular complexity index is 399. The molecule has 1 aromatic carbocycles. The molecule has 1 nitrogen and oxygen atoms in total.